The summed E-state index contributed by atoms with van der Waals surface area (Å²) in [7, 11) is 0. The van der Waals surface area contributed by atoms with Gasteiger partial charge >= 0.3 is 0 Å². The predicted octanol–water partition coefficient (Wildman–Crippen LogP) is 1.38. The zero-order valence-electron chi connectivity index (χ0n) is 5.56. The van der Waals surface area contributed by atoms with Gasteiger partial charge < -0.3 is 5.73 Å². The fourth-order valence-corrected chi connectivity index (χ4v) is 1.02. The van der Waals surface area contributed by atoms with E-state index in [1.165, 1.54) is 19.3 Å². The van der Waals surface area contributed by atoms with Crippen molar-refractivity contribution in [3.63, 3.8) is 0 Å². The lowest BCUT2D eigenvalue weighted by molar-refractivity contribution is 0.507. The maximum atomic E-state index is 5.45. The summed E-state index contributed by atoms with van der Waals surface area (Å²) in [5, 5.41) is 0. The third-order valence-corrected chi connectivity index (χ3v) is 1.83. The van der Waals surface area contributed by atoms with Gasteiger partial charge in [0.2, 0.25) is 0 Å². The third-order valence-electron chi connectivity index (χ3n) is 1.83. The number of nitrogens with two attached hydrogens (primary N) is 1. The molecule has 2 N–H and O–H groups in total. The first kappa shape index (κ1) is 6.09. The SMILES string of the molecule is C[C@H](CN)CC1CC1. The normalized spacial score (nSPS) is 23.2. The molecule has 1 nitrogen and oxygen atoms in total. The second kappa shape index (κ2) is 2.49. The first-order valence-corrected chi connectivity index (χ1v) is 3.53. The van der Waals surface area contributed by atoms with Gasteiger partial charge in [-0.25, -0.2) is 0 Å². The van der Waals surface area contributed by atoms with Crippen LogP contribution >= 0.6 is 0 Å². The standard InChI is InChI=1S/C7H15N/c1-6(5-8)4-7-2-3-7/h6-7H,2-5,8H2,1H3/t6-/m0/s1. The smallest absolute Gasteiger partial charge is 0.00514 e. The molecule has 0 aliphatic heterocycles. The lowest BCUT2D eigenvalue weighted by Gasteiger charge is -2.04. The molecule has 0 amide bonds. The summed E-state index contributed by atoms with van der Waals surface area (Å²) in [6, 6.07) is 0. The van der Waals surface area contributed by atoms with Crippen LogP contribution in [-0.4, -0.2) is 6.54 Å². The molecular formula is C7H15N. The van der Waals surface area contributed by atoms with Crippen LogP contribution in [0.1, 0.15) is 26.2 Å². The van der Waals surface area contributed by atoms with E-state index in [1.54, 1.807) is 0 Å². The van der Waals surface area contributed by atoms with E-state index in [0.29, 0.717) is 0 Å². The second-order valence-electron chi connectivity index (χ2n) is 3.02. The topological polar surface area (TPSA) is 26.0 Å². The van der Waals surface area contributed by atoms with Gasteiger partial charge in [-0.3, -0.25) is 0 Å². The lowest BCUT2D eigenvalue weighted by Crippen LogP contribution is -2.10. The Morgan fingerprint density at radius 2 is 2.25 bits per heavy atom. The Balaban J connectivity index is 1.98. The fourth-order valence-electron chi connectivity index (χ4n) is 1.02. The van der Waals surface area contributed by atoms with Crippen molar-refractivity contribution in [2.45, 2.75) is 26.2 Å². The van der Waals surface area contributed by atoms with Crippen LogP contribution in [0.4, 0.5) is 0 Å². The Hall–Kier alpha value is -0.0400. The van der Waals surface area contributed by atoms with E-state index in [2.05, 4.69) is 6.92 Å². The zero-order chi connectivity index (χ0) is 5.98. The van der Waals surface area contributed by atoms with Crippen molar-refractivity contribution >= 4 is 0 Å². The lowest BCUT2D eigenvalue weighted by atomic mass is 10.1. The maximum absolute atomic E-state index is 5.45. The van der Waals surface area contributed by atoms with Gasteiger partial charge in [0.15, 0.2) is 0 Å². The van der Waals surface area contributed by atoms with E-state index in [1.807, 2.05) is 0 Å². The highest BCUT2D eigenvalue weighted by Crippen LogP contribution is 2.34. The van der Waals surface area contributed by atoms with E-state index >= 15 is 0 Å². The summed E-state index contributed by atoms with van der Waals surface area (Å²) in [4.78, 5) is 0. The van der Waals surface area contributed by atoms with Gasteiger partial charge in [-0.05, 0) is 24.8 Å². The molecule has 1 rings (SSSR count). The summed E-state index contributed by atoms with van der Waals surface area (Å²) in [5.41, 5.74) is 5.45. The minimum absolute atomic E-state index is 0.766. The molecule has 0 aromatic heterocycles. The molecule has 0 saturated heterocycles. The van der Waals surface area contributed by atoms with Gasteiger partial charge in [-0.15, -0.1) is 0 Å². The van der Waals surface area contributed by atoms with E-state index in [9.17, 15) is 0 Å². The molecule has 0 aromatic rings. The molecule has 1 atom stereocenters. The highest BCUT2D eigenvalue weighted by atomic mass is 14.5. The molecule has 0 bridgehead atoms. The van der Waals surface area contributed by atoms with Crippen LogP contribution in [0.5, 0.6) is 0 Å². The molecule has 1 aliphatic rings. The molecule has 1 heteroatoms. The van der Waals surface area contributed by atoms with Crippen LogP contribution in [0.3, 0.4) is 0 Å². The van der Waals surface area contributed by atoms with Crippen molar-refractivity contribution in [2.75, 3.05) is 6.54 Å². The average molecular weight is 113 g/mol. The predicted molar refractivity (Wildman–Crippen MR) is 35.6 cm³/mol. The van der Waals surface area contributed by atoms with Crippen molar-refractivity contribution < 1.29 is 0 Å². The number of hydrogen-bond acceptors (Lipinski definition) is 1. The van der Waals surface area contributed by atoms with Crippen molar-refractivity contribution in [2.24, 2.45) is 17.6 Å². The summed E-state index contributed by atoms with van der Waals surface area (Å²) in [5.74, 6) is 1.82. The third kappa shape index (κ3) is 1.83. The van der Waals surface area contributed by atoms with Crippen molar-refractivity contribution in [3.8, 4) is 0 Å². The molecule has 0 heterocycles. The maximum Gasteiger partial charge on any atom is -0.00514 e. The highest BCUT2D eigenvalue weighted by molar-refractivity contribution is 4.75. The molecule has 1 fully saturated rings. The Morgan fingerprint density at radius 1 is 1.62 bits per heavy atom. The molecule has 48 valence electrons. The fraction of sp³-hybridized carbons (Fsp3) is 1.00. The van der Waals surface area contributed by atoms with Crippen LogP contribution in [-0.2, 0) is 0 Å². The van der Waals surface area contributed by atoms with Gasteiger partial charge in [0.25, 0.3) is 0 Å². The quantitative estimate of drug-likeness (QED) is 0.588. The monoisotopic (exact) mass is 113 g/mol. The van der Waals surface area contributed by atoms with Crippen LogP contribution in [0, 0.1) is 11.8 Å². The number of hydrogen-bond donors (Lipinski definition) is 1. The van der Waals surface area contributed by atoms with Crippen LogP contribution in [0.15, 0.2) is 0 Å². The van der Waals surface area contributed by atoms with Crippen molar-refractivity contribution in [1.82, 2.24) is 0 Å². The van der Waals surface area contributed by atoms with Crippen LogP contribution in [0.25, 0.3) is 0 Å². The molecule has 0 unspecified atom stereocenters. The second-order valence-corrected chi connectivity index (χ2v) is 3.02. The summed E-state index contributed by atoms with van der Waals surface area (Å²) >= 11 is 0. The molecule has 0 radical (unpaired) electrons. The zero-order valence-corrected chi connectivity index (χ0v) is 5.56. The van der Waals surface area contributed by atoms with Crippen LogP contribution < -0.4 is 5.73 Å². The van der Waals surface area contributed by atoms with Gasteiger partial charge in [-0.2, -0.15) is 0 Å². The van der Waals surface area contributed by atoms with E-state index in [0.717, 1.165) is 18.4 Å². The van der Waals surface area contributed by atoms with E-state index in [-0.39, 0.29) is 0 Å². The average Bonchev–Trinajstić information content (AvgIpc) is 2.50. The van der Waals surface area contributed by atoms with Crippen LogP contribution in [0.2, 0.25) is 0 Å². The molecule has 1 saturated carbocycles. The first-order valence-electron chi connectivity index (χ1n) is 3.53. The minimum atomic E-state index is 0.766. The Morgan fingerprint density at radius 3 is 2.62 bits per heavy atom. The minimum Gasteiger partial charge on any atom is -0.330 e. The van der Waals surface area contributed by atoms with Crippen molar-refractivity contribution in [3.05, 3.63) is 0 Å². The molecule has 0 spiro atoms. The van der Waals surface area contributed by atoms with E-state index in [4.69, 9.17) is 5.73 Å². The molecule has 0 aromatic carbocycles. The summed E-state index contributed by atoms with van der Waals surface area (Å²) in [6.45, 7) is 3.11. The Bertz CT molecular complexity index is 66.8. The molecule has 8 heavy (non-hydrogen) atoms. The number of rotatable bonds is 3. The Kier molecular flexibility index (Phi) is 1.90. The van der Waals surface area contributed by atoms with Gasteiger partial charge in [-0.1, -0.05) is 19.8 Å². The Labute approximate surface area is 51.3 Å². The largest absolute Gasteiger partial charge is 0.330 e. The van der Waals surface area contributed by atoms with E-state index < -0.39 is 0 Å². The molecular weight excluding hydrogens is 98.1 g/mol. The van der Waals surface area contributed by atoms with Crippen molar-refractivity contribution in [1.29, 1.82) is 0 Å². The summed E-state index contributed by atoms with van der Waals surface area (Å²) < 4.78 is 0. The van der Waals surface area contributed by atoms with Gasteiger partial charge in [0, 0.05) is 0 Å². The molecule has 1 aliphatic carbocycles. The first-order chi connectivity index (χ1) is 3.83. The van der Waals surface area contributed by atoms with Gasteiger partial charge in [0.1, 0.15) is 0 Å². The highest BCUT2D eigenvalue weighted by Gasteiger charge is 2.22. The summed E-state index contributed by atoms with van der Waals surface area (Å²) in [6.07, 6.45) is 4.30. The van der Waals surface area contributed by atoms with Gasteiger partial charge in [0.05, 0.1) is 0 Å².